The molecule has 2 rings (SSSR count). The molecule has 0 saturated carbocycles. The van der Waals surface area contributed by atoms with E-state index >= 15 is 0 Å². The quantitative estimate of drug-likeness (QED) is 0.750. The molecule has 2 unspecified atom stereocenters. The van der Waals surface area contributed by atoms with E-state index in [4.69, 9.17) is 10.5 Å². The molecular formula is C15H11FN2. The lowest BCUT2D eigenvalue weighted by Gasteiger charge is -2.26. The lowest BCUT2D eigenvalue weighted by molar-refractivity contribution is 0.462. The van der Waals surface area contributed by atoms with Crippen LogP contribution in [0.25, 0.3) is 0 Å². The standard InChI is InChI=1S/C15H11FN2/c1-10-12(8-17)7-13(9-18)15(16)14(10)11-5-3-2-4-6-11/h2-7,10,14H,1H3. The molecule has 0 radical (unpaired) electrons. The highest BCUT2D eigenvalue weighted by Crippen LogP contribution is 2.41. The normalized spacial score (nSPS) is 23.0. The van der Waals surface area contributed by atoms with E-state index in [1.165, 1.54) is 6.08 Å². The van der Waals surface area contributed by atoms with E-state index < -0.39 is 11.7 Å². The molecule has 2 atom stereocenters. The molecule has 0 bridgehead atoms. The van der Waals surface area contributed by atoms with Crippen molar-refractivity contribution < 1.29 is 4.39 Å². The van der Waals surface area contributed by atoms with Gasteiger partial charge in [-0.25, -0.2) is 4.39 Å². The third kappa shape index (κ3) is 1.92. The minimum atomic E-state index is -0.541. The molecule has 0 N–H and O–H groups in total. The van der Waals surface area contributed by atoms with E-state index in [0.29, 0.717) is 5.57 Å². The molecule has 2 nitrogen and oxygen atoms in total. The van der Waals surface area contributed by atoms with Crippen LogP contribution in [0.5, 0.6) is 0 Å². The number of benzene rings is 1. The Labute approximate surface area is 105 Å². The van der Waals surface area contributed by atoms with Gasteiger partial charge in [0.05, 0.1) is 11.6 Å². The van der Waals surface area contributed by atoms with Crippen LogP contribution < -0.4 is 0 Å². The van der Waals surface area contributed by atoms with Crippen LogP contribution >= 0.6 is 0 Å². The Kier molecular flexibility index (Phi) is 3.26. The van der Waals surface area contributed by atoms with Gasteiger partial charge in [0.1, 0.15) is 11.9 Å². The Morgan fingerprint density at radius 2 is 1.78 bits per heavy atom. The Bertz CT molecular complexity index is 600. The zero-order valence-corrected chi connectivity index (χ0v) is 9.89. The first-order valence-corrected chi connectivity index (χ1v) is 5.65. The number of nitrogens with zero attached hydrogens (tertiary/aromatic N) is 2. The molecule has 18 heavy (non-hydrogen) atoms. The van der Waals surface area contributed by atoms with E-state index in [-0.39, 0.29) is 11.5 Å². The molecule has 0 heterocycles. The summed E-state index contributed by atoms with van der Waals surface area (Å²) >= 11 is 0. The van der Waals surface area contributed by atoms with Crippen LogP contribution in [0.3, 0.4) is 0 Å². The minimum Gasteiger partial charge on any atom is -0.210 e. The van der Waals surface area contributed by atoms with Crippen molar-refractivity contribution in [2.24, 2.45) is 5.92 Å². The van der Waals surface area contributed by atoms with Gasteiger partial charge in [-0.1, -0.05) is 37.3 Å². The molecule has 1 aliphatic rings. The fourth-order valence-electron chi connectivity index (χ4n) is 2.24. The maximum Gasteiger partial charge on any atom is 0.126 e. The SMILES string of the molecule is CC1C(C#N)=CC(C#N)=C(F)C1c1ccccc1. The zero-order valence-electron chi connectivity index (χ0n) is 9.89. The third-order valence-corrected chi connectivity index (χ3v) is 3.23. The molecule has 0 aromatic heterocycles. The highest BCUT2D eigenvalue weighted by atomic mass is 19.1. The highest BCUT2D eigenvalue weighted by Gasteiger charge is 2.32. The van der Waals surface area contributed by atoms with Gasteiger partial charge in [-0.15, -0.1) is 0 Å². The molecule has 0 aliphatic heterocycles. The topological polar surface area (TPSA) is 47.6 Å². The van der Waals surface area contributed by atoms with Crippen LogP contribution in [-0.4, -0.2) is 0 Å². The van der Waals surface area contributed by atoms with Crippen LogP contribution in [0.15, 0.2) is 53.4 Å². The summed E-state index contributed by atoms with van der Waals surface area (Å²) in [5.41, 5.74) is 1.19. The van der Waals surface area contributed by atoms with E-state index in [2.05, 4.69) is 0 Å². The molecule has 1 aliphatic carbocycles. The maximum absolute atomic E-state index is 14.3. The lowest BCUT2D eigenvalue weighted by atomic mass is 9.77. The Balaban J connectivity index is 2.56. The molecule has 1 aromatic carbocycles. The Morgan fingerprint density at radius 3 is 2.33 bits per heavy atom. The van der Waals surface area contributed by atoms with Crippen LogP contribution in [0, 0.1) is 28.6 Å². The van der Waals surface area contributed by atoms with Crippen molar-refractivity contribution in [2.75, 3.05) is 0 Å². The van der Waals surface area contributed by atoms with Crippen LogP contribution in [0.4, 0.5) is 4.39 Å². The summed E-state index contributed by atoms with van der Waals surface area (Å²) in [5.74, 6) is -1.25. The molecule has 1 aromatic rings. The fraction of sp³-hybridized carbons (Fsp3) is 0.200. The van der Waals surface area contributed by atoms with Gasteiger partial charge < -0.3 is 0 Å². The van der Waals surface area contributed by atoms with Crippen molar-refractivity contribution in [1.82, 2.24) is 0 Å². The average Bonchev–Trinajstić information content (AvgIpc) is 2.40. The first kappa shape index (κ1) is 12.1. The van der Waals surface area contributed by atoms with Gasteiger partial charge in [0.15, 0.2) is 0 Å². The molecule has 3 heteroatoms. The van der Waals surface area contributed by atoms with Crippen LogP contribution in [-0.2, 0) is 0 Å². The smallest absolute Gasteiger partial charge is 0.126 e. The summed E-state index contributed by atoms with van der Waals surface area (Å²) in [5, 5.41) is 18.0. The van der Waals surface area contributed by atoms with E-state index in [0.717, 1.165) is 5.56 Å². The number of hydrogen-bond acceptors (Lipinski definition) is 2. The number of rotatable bonds is 1. The van der Waals surface area contributed by atoms with Crippen LogP contribution in [0.1, 0.15) is 18.4 Å². The second kappa shape index (κ2) is 4.85. The average molecular weight is 238 g/mol. The molecule has 88 valence electrons. The number of nitriles is 2. The fourth-order valence-corrected chi connectivity index (χ4v) is 2.24. The van der Waals surface area contributed by atoms with Gasteiger partial charge in [0, 0.05) is 17.4 Å². The van der Waals surface area contributed by atoms with E-state index in [1.54, 1.807) is 6.92 Å². The monoisotopic (exact) mass is 238 g/mol. The van der Waals surface area contributed by atoms with Gasteiger partial charge >= 0.3 is 0 Å². The Morgan fingerprint density at radius 1 is 1.11 bits per heavy atom. The van der Waals surface area contributed by atoms with Gasteiger partial charge in [-0.05, 0) is 11.6 Å². The van der Waals surface area contributed by atoms with Gasteiger partial charge in [-0.2, -0.15) is 10.5 Å². The predicted molar refractivity (Wildman–Crippen MR) is 65.8 cm³/mol. The summed E-state index contributed by atoms with van der Waals surface area (Å²) in [6.45, 7) is 1.81. The summed E-state index contributed by atoms with van der Waals surface area (Å²) < 4.78 is 14.3. The van der Waals surface area contributed by atoms with Crippen molar-refractivity contribution in [1.29, 1.82) is 10.5 Å². The lowest BCUT2D eigenvalue weighted by Crippen LogP contribution is -2.17. The van der Waals surface area contributed by atoms with Crippen molar-refractivity contribution >= 4 is 0 Å². The highest BCUT2D eigenvalue weighted by molar-refractivity contribution is 5.51. The van der Waals surface area contributed by atoms with Crippen molar-refractivity contribution in [3.63, 3.8) is 0 Å². The minimum absolute atomic E-state index is 0.0431. The van der Waals surface area contributed by atoms with Gasteiger partial charge in [0.2, 0.25) is 0 Å². The molecule has 0 spiro atoms. The van der Waals surface area contributed by atoms with Crippen molar-refractivity contribution in [3.8, 4) is 12.1 Å². The summed E-state index contributed by atoms with van der Waals surface area (Å²) in [4.78, 5) is 0. The number of halogens is 1. The predicted octanol–water partition coefficient (Wildman–Crippen LogP) is 3.62. The van der Waals surface area contributed by atoms with Crippen LogP contribution in [0.2, 0.25) is 0 Å². The molecule has 0 saturated heterocycles. The molecule has 0 amide bonds. The van der Waals surface area contributed by atoms with E-state index in [9.17, 15) is 4.39 Å². The van der Waals surface area contributed by atoms with Gasteiger partial charge in [0.25, 0.3) is 0 Å². The second-order valence-electron chi connectivity index (χ2n) is 4.26. The molecular weight excluding hydrogens is 227 g/mol. The zero-order chi connectivity index (χ0) is 13.1. The van der Waals surface area contributed by atoms with E-state index in [1.807, 2.05) is 42.5 Å². The third-order valence-electron chi connectivity index (χ3n) is 3.23. The second-order valence-corrected chi connectivity index (χ2v) is 4.26. The summed E-state index contributed by atoms with van der Waals surface area (Å²) in [7, 11) is 0. The van der Waals surface area contributed by atoms with Gasteiger partial charge in [-0.3, -0.25) is 0 Å². The summed E-state index contributed by atoms with van der Waals surface area (Å²) in [6.07, 6.45) is 1.35. The number of hydrogen-bond donors (Lipinski definition) is 0. The first-order valence-electron chi connectivity index (χ1n) is 5.65. The molecule has 0 fully saturated rings. The first-order chi connectivity index (χ1) is 8.69. The largest absolute Gasteiger partial charge is 0.210 e. The van der Waals surface area contributed by atoms with Crippen molar-refractivity contribution in [3.05, 3.63) is 58.9 Å². The number of allylic oxidation sites excluding steroid dienone is 4. The Hall–Kier alpha value is -2.39. The summed E-state index contributed by atoms with van der Waals surface area (Å²) in [6, 6.07) is 13.0. The van der Waals surface area contributed by atoms with Crippen molar-refractivity contribution in [2.45, 2.75) is 12.8 Å². The maximum atomic E-state index is 14.3.